The molecule has 0 aromatic heterocycles. The molecule has 0 aromatic carbocycles. The van der Waals surface area contributed by atoms with Crippen molar-refractivity contribution in [1.82, 2.24) is 5.32 Å². The average Bonchev–Trinajstić information content (AvgIpc) is 2.17. The second kappa shape index (κ2) is 9.92. The Morgan fingerprint density at radius 3 is 2.46 bits per heavy atom. The first kappa shape index (κ1) is 12.8. The Labute approximate surface area is 83.0 Å². The van der Waals surface area contributed by atoms with E-state index >= 15 is 0 Å². The van der Waals surface area contributed by atoms with Crippen molar-refractivity contribution in [2.75, 3.05) is 27.8 Å². The minimum Gasteiger partial charge on any atom is -0.400 e. The van der Waals surface area contributed by atoms with Gasteiger partial charge in [-0.1, -0.05) is 12.2 Å². The van der Waals surface area contributed by atoms with Gasteiger partial charge in [-0.25, -0.2) is 0 Å². The van der Waals surface area contributed by atoms with Crippen LogP contribution in [-0.2, 0) is 8.85 Å². The molecule has 0 fully saturated rings. The summed E-state index contributed by atoms with van der Waals surface area (Å²) in [5.74, 6) is 0. The molecule has 0 aliphatic carbocycles. The van der Waals surface area contributed by atoms with Gasteiger partial charge in [-0.15, -0.1) is 0 Å². The zero-order valence-electron chi connectivity index (χ0n) is 8.88. The molecular weight excluding hydrogens is 182 g/mol. The van der Waals surface area contributed by atoms with E-state index < -0.39 is 9.28 Å². The number of unbranched alkanes of at least 4 members (excludes halogenated alkanes) is 1. The molecule has 0 spiro atoms. The molecule has 0 rings (SSSR count). The van der Waals surface area contributed by atoms with Crippen LogP contribution >= 0.6 is 0 Å². The Hall–Kier alpha value is -0.163. The van der Waals surface area contributed by atoms with Crippen LogP contribution < -0.4 is 5.32 Å². The van der Waals surface area contributed by atoms with Crippen LogP contribution in [0, 0.1) is 0 Å². The Morgan fingerprint density at radius 1 is 1.23 bits per heavy atom. The second-order valence-electron chi connectivity index (χ2n) is 2.86. The standard InChI is InChI=1S/C9H21NO2Si/c1-10-8-6-4-5-7-9-13(11-2)12-3/h4,6,10,13H,5,7-9H2,1-3H3. The minimum atomic E-state index is -1.30. The normalized spacial score (nSPS) is 11.7. The van der Waals surface area contributed by atoms with Gasteiger partial charge in [0.2, 0.25) is 0 Å². The van der Waals surface area contributed by atoms with E-state index in [-0.39, 0.29) is 0 Å². The molecule has 0 amide bonds. The Bertz CT molecular complexity index is 127. The fourth-order valence-corrected chi connectivity index (χ4v) is 2.29. The third-order valence-corrected chi connectivity index (χ3v) is 3.76. The minimum absolute atomic E-state index is 0.954. The molecule has 4 heteroatoms. The molecule has 3 nitrogen and oxygen atoms in total. The molecule has 0 saturated heterocycles. The highest BCUT2D eigenvalue weighted by atomic mass is 28.3. The van der Waals surface area contributed by atoms with Crippen molar-refractivity contribution in [3.63, 3.8) is 0 Å². The maximum Gasteiger partial charge on any atom is 0.320 e. The molecule has 0 unspecified atom stereocenters. The Morgan fingerprint density at radius 2 is 1.92 bits per heavy atom. The van der Waals surface area contributed by atoms with Crippen LogP contribution in [0.3, 0.4) is 0 Å². The molecule has 0 aliphatic heterocycles. The third kappa shape index (κ3) is 8.17. The molecule has 0 saturated carbocycles. The van der Waals surface area contributed by atoms with Crippen molar-refractivity contribution in [2.45, 2.75) is 18.9 Å². The molecule has 0 atom stereocenters. The summed E-state index contributed by atoms with van der Waals surface area (Å²) in [6, 6.07) is 1.09. The van der Waals surface area contributed by atoms with Crippen LogP contribution in [0.5, 0.6) is 0 Å². The quantitative estimate of drug-likeness (QED) is 0.363. The largest absolute Gasteiger partial charge is 0.400 e. The average molecular weight is 203 g/mol. The van der Waals surface area contributed by atoms with Crippen molar-refractivity contribution in [3.05, 3.63) is 12.2 Å². The van der Waals surface area contributed by atoms with Crippen LogP contribution in [0.15, 0.2) is 12.2 Å². The molecule has 1 N–H and O–H groups in total. The van der Waals surface area contributed by atoms with Gasteiger partial charge in [-0.3, -0.25) is 0 Å². The van der Waals surface area contributed by atoms with Crippen molar-refractivity contribution < 1.29 is 8.85 Å². The van der Waals surface area contributed by atoms with Gasteiger partial charge in [0, 0.05) is 20.8 Å². The summed E-state index contributed by atoms with van der Waals surface area (Å²) in [7, 11) is 4.11. The molecule has 78 valence electrons. The number of likely N-dealkylation sites (N-methyl/N-ethyl adjacent to an activating group) is 1. The van der Waals surface area contributed by atoms with Gasteiger partial charge in [0.05, 0.1) is 0 Å². The zero-order valence-corrected chi connectivity index (χ0v) is 10.0. The number of allylic oxidation sites excluding steroid dienone is 1. The maximum absolute atomic E-state index is 5.21. The highest BCUT2D eigenvalue weighted by Crippen LogP contribution is 2.03. The van der Waals surface area contributed by atoms with Gasteiger partial charge in [-0.05, 0) is 25.9 Å². The van der Waals surface area contributed by atoms with E-state index in [0.717, 1.165) is 19.0 Å². The van der Waals surface area contributed by atoms with Crippen LogP contribution in [-0.4, -0.2) is 37.1 Å². The summed E-state index contributed by atoms with van der Waals surface area (Å²) < 4.78 is 10.4. The lowest BCUT2D eigenvalue weighted by atomic mass is 10.3. The zero-order chi connectivity index (χ0) is 9.94. The van der Waals surface area contributed by atoms with Crippen LogP contribution in [0.25, 0.3) is 0 Å². The number of nitrogens with one attached hydrogen (secondary N) is 1. The topological polar surface area (TPSA) is 30.5 Å². The van der Waals surface area contributed by atoms with Gasteiger partial charge >= 0.3 is 9.28 Å². The van der Waals surface area contributed by atoms with Crippen molar-refractivity contribution >= 4 is 9.28 Å². The maximum atomic E-state index is 5.21. The van der Waals surface area contributed by atoms with E-state index in [4.69, 9.17) is 8.85 Å². The van der Waals surface area contributed by atoms with Crippen LogP contribution in [0.1, 0.15) is 12.8 Å². The first-order valence-electron chi connectivity index (χ1n) is 4.70. The van der Waals surface area contributed by atoms with E-state index in [1.807, 2.05) is 7.05 Å². The highest BCUT2D eigenvalue weighted by Gasteiger charge is 2.06. The van der Waals surface area contributed by atoms with Crippen molar-refractivity contribution in [2.24, 2.45) is 0 Å². The molecule has 0 heterocycles. The first-order valence-corrected chi connectivity index (χ1v) is 6.46. The lowest BCUT2D eigenvalue weighted by Crippen LogP contribution is -2.18. The SMILES string of the molecule is CNCC=CCCC[SiH](OC)OC. The lowest BCUT2D eigenvalue weighted by molar-refractivity contribution is 0.276. The monoisotopic (exact) mass is 203 g/mol. The van der Waals surface area contributed by atoms with Gasteiger partial charge in [0.15, 0.2) is 0 Å². The Balaban J connectivity index is 3.23. The van der Waals surface area contributed by atoms with Gasteiger partial charge in [0.25, 0.3) is 0 Å². The predicted molar refractivity (Wildman–Crippen MR) is 58.3 cm³/mol. The summed E-state index contributed by atoms with van der Waals surface area (Å²) in [4.78, 5) is 0. The fraction of sp³-hybridized carbons (Fsp3) is 0.778. The molecule has 13 heavy (non-hydrogen) atoms. The Kier molecular flexibility index (Phi) is 9.80. The summed E-state index contributed by atoms with van der Waals surface area (Å²) in [5, 5.41) is 3.06. The molecule has 0 bridgehead atoms. The fourth-order valence-electron chi connectivity index (χ4n) is 1.05. The van der Waals surface area contributed by atoms with E-state index in [9.17, 15) is 0 Å². The lowest BCUT2D eigenvalue weighted by Gasteiger charge is -2.08. The summed E-state index contributed by atoms with van der Waals surface area (Å²) in [6.45, 7) is 0.954. The van der Waals surface area contributed by atoms with Crippen molar-refractivity contribution in [3.8, 4) is 0 Å². The second-order valence-corrected chi connectivity index (χ2v) is 5.24. The molecule has 0 aromatic rings. The van der Waals surface area contributed by atoms with Gasteiger partial charge in [0.1, 0.15) is 0 Å². The first-order chi connectivity index (χ1) is 6.35. The summed E-state index contributed by atoms with van der Waals surface area (Å²) in [5.41, 5.74) is 0. The third-order valence-electron chi connectivity index (χ3n) is 1.83. The number of hydrogen-bond acceptors (Lipinski definition) is 3. The van der Waals surface area contributed by atoms with E-state index in [1.165, 1.54) is 6.42 Å². The van der Waals surface area contributed by atoms with E-state index in [1.54, 1.807) is 14.2 Å². The molecule has 0 aliphatic rings. The summed E-state index contributed by atoms with van der Waals surface area (Å²) >= 11 is 0. The smallest absolute Gasteiger partial charge is 0.320 e. The van der Waals surface area contributed by atoms with Crippen molar-refractivity contribution in [1.29, 1.82) is 0 Å². The number of rotatable bonds is 8. The van der Waals surface area contributed by atoms with Gasteiger partial charge in [-0.2, -0.15) is 0 Å². The predicted octanol–water partition coefficient (Wildman–Crippen LogP) is 1.06. The van der Waals surface area contributed by atoms with Crippen LogP contribution in [0.2, 0.25) is 6.04 Å². The van der Waals surface area contributed by atoms with E-state index in [2.05, 4.69) is 17.5 Å². The van der Waals surface area contributed by atoms with Gasteiger partial charge < -0.3 is 14.2 Å². The molecule has 0 radical (unpaired) electrons. The molecular formula is C9H21NO2Si. The number of hydrogen-bond donors (Lipinski definition) is 1. The highest BCUT2D eigenvalue weighted by molar-refractivity contribution is 6.44. The van der Waals surface area contributed by atoms with Crippen LogP contribution in [0.4, 0.5) is 0 Å². The summed E-state index contributed by atoms with van der Waals surface area (Å²) in [6.07, 6.45) is 6.64. The van der Waals surface area contributed by atoms with E-state index in [0.29, 0.717) is 0 Å².